The second kappa shape index (κ2) is 48.9. The third-order valence-electron chi connectivity index (χ3n) is 12.7. The molecule has 0 aromatic carbocycles. The summed E-state index contributed by atoms with van der Waals surface area (Å²) in [5.41, 5.74) is 0. The molecule has 62 heavy (non-hydrogen) atoms. The van der Waals surface area contributed by atoms with Gasteiger partial charge in [-0.15, -0.1) is 0 Å². The average Bonchev–Trinajstić information content (AvgIpc) is 3.24. The summed E-state index contributed by atoms with van der Waals surface area (Å²) < 4.78 is 16.8. The summed E-state index contributed by atoms with van der Waals surface area (Å²) in [7, 11) is 0. The molecule has 6 nitrogen and oxygen atoms in total. The molecule has 0 bridgehead atoms. The van der Waals surface area contributed by atoms with Gasteiger partial charge in [0, 0.05) is 19.3 Å². The van der Waals surface area contributed by atoms with Crippen LogP contribution in [0.3, 0.4) is 0 Å². The van der Waals surface area contributed by atoms with Crippen LogP contribution >= 0.6 is 0 Å². The van der Waals surface area contributed by atoms with Gasteiger partial charge >= 0.3 is 17.9 Å². The normalized spacial score (nSPS) is 12.0. The summed E-state index contributed by atoms with van der Waals surface area (Å²) in [6, 6.07) is 0. The first kappa shape index (κ1) is 60.4. The van der Waals surface area contributed by atoms with Crippen LogP contribution in [0.15, 0.2) is 0 Å². The maximum absolute atomic E-state index is 12.8. The lowest BCUT2D eigenvalue weighted by atomic mass is 10.0. The molecule has 6 heteroatoms. The van der Waals surface area contributed by atoms with Gasteiger partial charge in [-0.25, -0.2) is 0 Å². The van der Waals surface area contributed by atoms with Gasteiger partial charge in [0.15, 0.2) is 6.10 Å². The summed E-state index contributed by atoms with van der Waals surface area (Å²) in [6.45, 7) is 11.4. The van der Waals surface area contributed by atoms with Crippen molar-refractivity contribution in [3.05, 3.63) is 0 Å². The monoisotopic (exact) mass is 877 g/mol. The van der Waals surface area contributed by atoms with E-state index in [2.05, 4.69) is 34.6 Å². The maximum atomic E-state index is 12.8. The highest BCUT2D eigenvalue weighted by atomic mass is 16.6. The van der Waals surface area contributed by atoms with E-state index in [0.717, 1.165) is 69.6 Å². The zero-order valence-electron chi connectivity index (χ0n) is 42.5. The van der Waals surface area contributed by atoms with Crippen LogP contribution in [0.2, 0.25) is 0 Å². The van der Waals surface area contributed by atoms with Crippen molar-refractivity contribution < 1.29 is 28.6 Å². The van der Waals surface area contributed by atoms with Crippen molar-refractivity contribution in [3.63, 3.8) is 0 Å². The zero-order chi connectivity index (χ0) is 45.4. The fraction of sp³-hybridized carbons (Fsp3) is 0.946. The predicted octanol–water partition coefficient (Wildman–Crippen LogP) is 18.1. The Hall–Kier alpha value is -1.59. The highest BCUT2D eigenvalue weighted by molar-refractivity contribution is 5.71. The number of carbonyl (C=O) groups is 3. The summed E-state index contributed by atoms with van der Waals surface area (Å²) in [5, 5.41) is 0. The van der Waals surface area contributed by atoms with Crippen LogP contribution in [0.1, 0.15) is 311 Å². The Morgan fingerprint density at radius 1 is 0.306 bits per heavy atom. The number of unbranched alkanes of at least 4 members (excludes halogenated alkanes) is 35. The Kier molecular flexibility index (Phi) is 47.6. The predicted molar refractivity (Wildman–Crippen MR) is 266 cm³/mol. The maximum Gasteiger partial charge on any atom is 0.306 e. The van der Waals surface area contributed by atoms with Gasteiger partial charge < -0.3 is 14.2 Å². The van der Waals surface area contributed by atoms with Crippen LogP contribution in [0, 0.1) is 11.8 Å². The molecule has 0 rings (SSSR count). The van der Waals surface area contributed by atoms with Crippen molar-refractivity contribution >= 4 is 17.9 Å². The molecule has 0 aromatic rings. The van der Waals surface area contributed by atoms with E-state index in [9.17, 15) is 14.4 Å². The molecule has 0 saturated heterocycles. The van der Waals surface area contributed by atoms with Gasteiger partial charge in [0.2, 0.25) is 0 Å². The van der Waals surface area contributed by atoms with Crippen molar-refractivity contribution in [2.24, 2.45) is 11.8 Å². The van der Waals surface area contributed by atoms with Crippen LogP contribution in [-0.2, 0) is 28.6 Å². The van der Waals surface area contributed by atoms with Gasteiger partial charge in [-0.2, -0.15) is 0 Å². The molecule has 0 aromatic heterocycles. The van der Waals surface area contributed by atoms with Gasteiger partial charge in [-0.05, 0) is 31.1 Å². The molecule has 0 saturated carbocycles. The highest BCUT2D eigenvalue weighted by Crippen LogP contribution is 2.18. The van der Waals surface area contributed by atoms with Crippen molar-refractivity contribution in [1.82, 2.24) is 0 Å². The molecule has 0 heterocycles. The molecule has 0 amide bonds. The lowest BCUT2D eigenvalue weighted by molar-refractivity contribution is -0.167. The van der Waals surface area contributed by atoms with Crippen LogP contribution < -0.4 is 0 Å². The fourth-order valence-corrected chi connectivity index (χ4v) is 8.52. The first-order valence-corrected chi connectivity index (χ1v) is 27.7. The van der Waals surface area contributed by atoms with Gasteiger partial charge in [0.25, 0.3) is 0 Å². The Labute approximate surface area is 387 Å². The minimum atomic E-state index is -0.761. The Morgan fingerprint density at radius 3 is 0.790 bits per heavy atom. The van der Waals surface area contributed by atoms with E-state index in [4.69, 9.17) is 14.2 Å². The Balaban J connectivity index is 4.23. The van der Waals surface area contributed by atoms with E-state index >= 15 is 0 Å². The number of hydrogen-bond donors (Lipinski definition) is 0. The Morgan fingerprint density at radius 2 is 0.532 bits per heavy atom. The lowest BCUT2D eigenvalue weighted by Crippen LogP contribution is -2.30. The number of hydrogen-bond acceptors (Lipinski definition) is 6. The molecular formula is C56H108O6. The van der Waals surface area contributed by atoms with Crippen molar-refractivity contribution in [1.29, 1.82) is 0 Å². The fourth-order valence-electron chi connectivity index (χ4n) is 8.52. The van der Waals surface area contributed by atoms with Crippen molar-refractivity contribution in [2.45, 2.75) is 317 Å². The van der Waals surface area contributed by atoms with E-state index < -0.39 is 6.10 Å². The van der Waals surface area contributed by atoms with Crippen LogP contribution in [-0.4, -0.2) is 37.2 Å². The van der Waals surface area contributed by atoms with Gasteiger partial charge in [-0.1, -0.05) is 272 Å². The second-order valence-electron chi connectivity index (χ2n) is 20.2. The van der Waals surface area contributed by atoms with E-state index in [0.29, 0.717) is 19.3 Å². The molecule has 0 fully saturated rings. The first-order valence-electron chi connectivity index (χ1n) is 27.7. The summed E-state index contributed by atoms with van der Waals surface area (Å²) in [4.78, 5) is 38.0. The summed E-state index contributed by atoms with van der Waals surface area (Å²) in [5.74, 6) is 0.845. The van der Waals surface area contributed by atoms with E-state index in [1.54, 1.807) is 0 Å². The topological polar surface area (TPSA) is 78.9 Å². The quantitative estimate of drug-likeness (QED) is 0.0344. The smallest absolute Gasteiger partial charge is 0.306 e. The largest absolute Gasteiger partial charge is 0.462 e. The van der Waals surface area contributed by atoms with Gasteiger partial charge in [0.05, 0.1) is 0 Å². The average molecular weight is 877 g/mol. The number of carbonyl (C=O) groups excluding carboxylic acids is 3. The number of ether oxygens (including phenoxy) is 3. The molecule has 368 valence electrons. The van der Waals surface area contributed by atoms with E-state index in [1.807, 2.05) is 0 Å². The molecule has 0 aliphatic rings. The highest BCUT2D eigenvalue weighted by Gasteiger charge is 2.19. The van der Waals surface area contributed by atoms with E-state index in [1.165, 1.54) is 199 Å². The molecule has 0 unspecified atom stereocenters. The molecule has 0 aliphatic carbocycles. The third kappa shape index (κ3) is 49.4. The zero-order valence-corrected chi connectivity index (χ0v) is 42.5. The van der Waals surface area contributed by atoms with Crippen molar-refractivity contribution in [3.8, 4) is 0 Å². The number of esters is 3. The minimum Gasteiger partial charge on any atom is -0.462 e. The van der Waals surface area contributed by atoms with Crippen LogP contribution in [0.5, 0.6) is 0 Å². The molecule has 0 spiro atoms. The van der Waals surface area contributed by atoms with Crippen LogP contribution in [0.25, 0.3) is 0 Å². The molecule has 0 radical (unpaired) electrons. The van der Waals surface area contributed by atoms with Crippen LogP contribution in [0.4, 0.5) is 0 Å². The lowest BCUT2D eigenvalue weighted by Gasteiger charge is -2.18. The Bertz CT molecular complexity index is 947. The summed E-state index contributed by atoms with van der Waals surface area (Å²) in [6.07, 6.45) is 50.9. The SMILES string of the molecule is CCCCCCCCCCCCC(=O)O[C@@H](COC(=O)CCCCCCCCCCCCCCCCCC(C)C)COC(=O)CCCCCCCCCCCCCCCC(C)C. The number of rotatable bonds is 50. The van der Waals surface area contributed by atoms with Gasteiger partial charge in [-0.3, -0.25) is 14.4 Å². The van der Waals surface area contributed by atoms with Gasteiger partial charge in [0.1, 0.15) is 13.2 Å². The molecule has 0 aliphatic heterocycles. The minimum absolute atomic E-state index is 0.0630. The summed E-state index contributed by atoms with van der Waals surface area (Å²) >= 11 is 0. The first-order chi connectivity index (χ1) is 30.2. The van der Waals surface area contributed by atoms with E-state index in [-0.39, 0.29) is 31.1 Å². The second-order valence-corrected chi connectivity index (χ2v) is 20.2. The molecular weight excluding hydrogens is 769 g/mol. The molecule has 1 atom stereocenters. The standard InChI is InChI=1S/C56H108O6/c1-6-7-8-9-10-11-26-33-38-43-48-56(59)62-53(50-61-55(58)47-42-37-32-28-23-19-15-17-21-25-30-35-40-45-52(4)5)49-60-54(57)46-41-36-31-27-22-18-14-12-13-16-20-24-29-34-39-44-51(2)3/h51-53H,6-50H2,1-5H3/t53-/m0/s1. The van der Waals surface area contributed by atoms with Crippen molar-refractivity contribution in [2.75, 3.05) is 13.2 Å². The third-order valence-corrected chi connectivity index (χ3v) is 12.7. The molecule has 0 N–H and O–H groups in total.